The van der Waals surface area contributed by atoms with E-state index in [2.05, 4.69) is 0 Å². The predicted molar refractivity (Wildman–Crippen MR) is 67.9 cm³/mol. The highest BCUT2D eigenvalue weighted by atomic mass is 35.5. The zero-order valence-corrected chi connectivity index (χ0v) is 10.8. The lowest BCUT2D eigenvalue weighted by molar-refractivity contribution is -0.0849. The van der Waals surface area contributed by atoms with Gasteiger partial charge in [0.2, 0.25) is 0 Å². The zero-order chi connectivity index (χ0) is 12.6. The molecule has 0 atom stereocenters. The van der Waals surface area contributed by atoms with Crippen molar-refractivity contribution in [1.29, 1.82) is 0 Å². The van der Waals surface area contributed by atoms with Crippen LogP contribution in [-0.4, -0.2) is 19.0 Å². The monoisotopic (exact) mass is 280 g/mol. The van der Waals surface area contributed by atoms with Crippen LogP contribution in [0.3, 0.4) is 0 Å². The molecule has 0 aliphatic heterocycles. The number of nitrogens with two attached hydrogens (primary N) is 1. The first-order valence-electron chi connectivity index (χ1n) is 5.52. The van der Waals surface area contributed by atoms with Crippen LogP contribution in [0.2, 0.25) is 0 Å². The van der Waals surface area contributed by atoms with Gasteiger partial charge in [-0.15, -0.1) is 12.4 Å². The van der Waals surface area contributed by atoms with Gasteiger partial charge in [-0.2, -0.15) is 0 Å². The van der Waals surface area contributed by atoms with Gasteiger partial charge in [-0.1, -0.05) is 6.07 Å². The van der Waals surface area contributed by atoms with Crippen molar-refractivity contribution in [3.8, 4) is 0 Å². The van der Waals surface area contributed by atoms with E-state index < -0.39 is 5.92 Å². The molecule has 0 aromatic heterocycles. The molecule has 1 fully saturated rings. The molecule has 0 amide bonds. The van der Waals surface area contributed by atoms with Gasteiger partial charge in [0.25, 0.3) is 5.92 Å². The Hall–Kier alpha value is -0.940. The summed E-state index contributed by atoms with van der Waals surface area (Å²) in [5.41, 5.74) is 6.40. The Balaban J connectivity index is 0.00000162. The van der Waals surface area contributed by atoms with Gasteiger partial charge in [0.15, 0.2) is 0 Å². The predicted octanol–water partition coefficient (Wildman–Crippen LogP) is 2.94. The summed E-state index contributed by atoms with van der Waals surface area (Å²) in [6.45, 7) is 0.136. The van der Waals surface area contributed by atoms with Gasteiger partial charge in [0.05, 0.1) is 0 Å². The fourth-order valence-corrected chi connectivity index (χ4v) is 2.04. The largest absolute Gasteiger partial charge is 0.371 e. The summed E-state index contributed by atoms with van der Waals surface area (Å²) in [4.78, 5) is 1.70. The Morgan fingerprint density at radius 3 is 2.44 bits per heavy atom. The van der Waals surface area contributed by atoms with Crippen LogP contribution in [-0.2, 0) is 6.54 Å². The second-order valence-electron chi connectivity index (χ2n) is 4.51. The minimum atomic E-state index is -2.56. The highest BCUT2D eigenvalue weighted by Crippen LogP contribution is 2.41. The van der Waals surface area contributed by atoms with Crippen molar-refractivity contribution >= 4 is 18.1 Å². The second kappa shape index (κ2) is 5.36. The first-order chi connectivity index (χ1) is 7.93. The van der Waals surface area contributed by atoms with Crippen molar-refractivity contribution in [2.24, 2.45) is 5.73 Å². The van der Waals surface area contributed by atoms with Crippen LogP contribution in [0.25, 0.3) is 0 Å². The number of alkyl halides is 2. The lowest BCUT2D eigenvalue weighted by Crippen LogP contribution is -2.49. The van der Waals surface area contributed by atoms with E-state index in [0.717, 1.165) is 0 Å². The number of nitrogens with zero attached hydrogens (tertiary/aromatic N) is 1. The van der Waals surface area contributed by atoms with Crippen LogP contribution < -0.4 is 10.6 Å². The van der Waals surface area contributed by atoms with Crippen molar-refractivity contribution in [2.75, 3.05) is 11.9 Å². The van der Waals surface area contributed by atoms with Crippen LogP contribution in [0.15, 0.2) is 18.2 Å². The molecular weight excluding hydrogens is 265 g/mol. The number of benzene rings is 1. The average molecular weight is 281 g/mol. The molecule has 0 bridgehead atoms. The van der Waals surface area contributed by atoms with Gasteiger partial charge in [0, 0.05) is 43.7 Å². The van der Waals surface area contributed by atoms with E-state index >= 15 is 0 Å². The molecule has 0 radical (unpaired) electrons. The summed E-state index contributed by atoms with van der Waals surface area (Å²) in [7, 11) is 1.71. The summed E-state index contributed by atoms with van der Waals surface area (Å²) < 4.78 is 39.0. The van der Waals surface area contributed by atoms with Crippen LogP contribution >= 0.6 is 12.4 Å². The van der Waals surface area contributed by atoms with Gasteiger partial charge in [-0.05, 0) is 12.1 Å². The minimum Gasteiger partial charge on any atom is -0.371 e. The Labute approximate surface area is 110 Å². The van der Waals surface area contributed by atoms with Crippen LogP contribution in [0.5, 0.6) is 0 Å². The molecule has 0 heterocycles. The van der Waals surface area contributed by atoms with E-state index in [9.17, 15) is 13.2 Å². The third-order valence-electron chi connectivity index (χ3n) is 3.28. The highest BCUT2D eigenvalue weighted by Gasteiger charge is 2.47. The summed E-state index contributed by atoms with van der Waals surface area (Å²) in [5, 5.41) is 0. The molecule has 1 aromatic rings. The summed E-state index contributed by atoms with van der Waals surface area (Å²) in [6, 6.07) is 4.44. The smallest absolute Gasteiger partial charge is 0.252 e. The molecule has 0 unspecified atom stereocenters. The second-order valence-corrected chi connectivity index (χ2v) is 4.51. The van der Waals surface area contributed by atoms with E-state index in [1.807, 2.05) is 0 Å². The first-order valence-corrected chi connectivity index (χ1v) is 5.52. The van der Waals surface area contributed by atoms with Crippen molar-refractivity contribution in [3.05, 3.63) is 29.6 Å². The lowest BCUT2D eigenvalue weighted by atomic mass is 9.87. The maximum atomic E-state index is 13.5. The van der Waals surface area contributed by atoms with E-state index in [4.69, 9.17) is 5.73 Å². The van der Waals surface area contributed by atoms with Crippen LogP contribution in [0.1, 0.15) is 18.4 Å². The van der Waals surface area contributed by atoms with E-state index in [-0.39, 0.29) is 43.7 Å². The van der Waals surface area contributed by atoms with Gasteiger partial charge in [-0.25, -0.2) is 13.2 Å². The maximum absolute atomic E-state index is 13.5. The van der Waals surface area contributed by atoms with Crippen LogP contribution in [0, 0.1) is 5.82 Å². The summed E-state index contributed by atoms with van der Waals surface area (Å²) in [5.74, 6) is -2.95. The SMILES string of the molecule is CN(c1ccc(CN)c(F)c1)C1CC(F)(F)C1.Cl. The molecule has 0 spiro atoms. The number of hydrogen-bond acceptors (Lipinski definition) is 2. The van der Waals surface area contributed by atoms with Crippen molar-refractivity contribution in [2.45, 2.75) is 31.4 Å². The molecule has 1 aliphatic carbocycles. The molecule has 2 rings (SSSR count). The fourth-order valence-electron chi connectivity index (χ4n) is 2.04. The molecule has 0 saturated heterocycles. The fraction of sp³-hybridized carbons (Fsp3) is 0.500. The quantitative estimate of drug-likeness (QED) is 0.922. The Morgan fingerprint density at radius 2 is 2.00 bits per heavy atom. The number of rotatable bonds is 3. The van der Waals surface area contributed by atoms with Crippen LogP contribution in [0.4, 0.5) is 18.9 Å². The standard InChI is InChI=1S/C12H15F3N2.ClH/c1-17(10-5-12(14,15)6-10)9-3-2-8(7-16)11(13)4-9;/h2-4,10H,5-7,16H2,1H3;1H. The number of hydrogen-bond donors (Lipinski definition) is 1. The highest BCUT2D eigenvalue weighted by molar-refractivity contribution is 5.85. The third kappa shape index (κ3) is 2.90. The van der Waals surface area contributed by atoms with Gasteiger partial charge >= 0.3 is 0 Å². The zero-order valence-electron chi connectivity index (χ0n) is 10.00. The molecular formula is C12H16ClF3N2. The van der Waals surface area contributed by atoms with Crippen molar-refractivity contribution in [1.82, 2.24) is 0 Å². The lowest BCUT2D eigenvalue weighted by Gasteiger charge is -2.42. The minimum absolute atomic E-state index is 0. The van der Waals surface area contributed by atoms with Gasteiger partial charge in [-0.3, -0.25) is 0 Å². The number of anilines is 1. The summed E-state index contributed by atoms with van der Waals surface area (Å²) in [6.07, 6.45) is -0.326. The summed E-state index contributed by atoms with van der Waals surface area (Å²) >= 11 is 0. The molecule has 2 N–H and O–H groups in total. The molecule has 1 aliphatic rings. The Morgan fingerprint density at radius 1 is 1.39 bits per heavy atom. The van der Waals surface area contributed by atoms with E-state index in [1.165, 1.54) is 6.07 Å². The topological polar surface area (TPSA) is 29.3 Å². The first kappa shape index (κ1) is 15.1. The van der Waals surface area contributed by atoms with Crippen molar-refractivity contribution in [3.63, 3.8) is 0 Å². The van der Waals surface area contributed by atoms with Crippen molar-refractivity contribution < 1.29 is 13.2 Å². The number of halogens is 4. The third-order valence-corrected chi connectivity index (χ3v) is 3.28. The molecule has 1 aromatic carbocycles. The molecule has 1 saturated carbocycles. The molecule has 2 nitrogen and oxygen atoms in total. The molecule has 6 heteroatoms. The maximum Gasteiger partial charge on any atom is 0.252 e. The molecule has 102 valence electrons. The van der Waals surface area contributed by atoms with Gasteiger partial charge < -0.3 is 10.6 Å². The Kier molecular flexibility index (Phi) is 4.50. The van der Waals surface area contributed by atoms with Gasteiger partial charge in [0.1, 0.15) is 5.82 Å². The molecule has 18 heavy (non-hydrogen) atoms. The van der Waals surface area contributed by atoms with E-state index in [1.54, 1.807) is 24.1 Å². The normalized spacial score (nSPS) is 17.8. The Bertz CT molecular complexity index is 418. The average Bonchev–Trinajstić information content (AvgIpc) is 2.24. The van der Waals surface area contributed by atoms with E-state index in [0.29, 0.717) is 11.3 Å².